The zero-order valence-electron chi connectivity index (χ0n) is 11.4. The first-order valence-corrected chi connectivity index (χ1v) is 8.40. The molecular formula is C13H17N3O2S2. The molecule has 0 saturated carbocycles. The Morgan fingerprint density at radius 2 is 2.35 bits per heavy atom. The van der Waals surface area contributed by atoms with Gasteiger partial charge in [0.05, 0.1) is 17.0 Å². The molecule has 2 heterocycles. The fourth-order valence-electron chi connectivity index (χ4n) is 1.60. The summed E-state index contributed by atoms with van der Waals surface area (Å²) in [7, 11) is 0. The molecule has 0 atom stereocenters. The van der Waals surface area contributed by atoms with Gasteiger partial charge in [0.1, 0.15) is 10.5 Å². The summed E-state index contributed by atoms with van der Waals surface area (Å²) in [5, 5.41) is 4.71. The molecule has 0 spiro atoms. The Morgan fingerprint density at radius 1 is 1.55 bits per heavy atom. The van der Waals surface area contributed by atoms with Crippen molar-refractivity contribution in [2.24, 2.45) is 5.92 Å². The van der Waals surface area contributed by atoms with Crippen LogP contribution in [-0.4, -0.2) is 28.2 Å². The maximum atomic E-state index is 11.8. The fraction of sp³-hybridized carbons (Fsp3) is 0.462. The number of aromatic nitrogens is 2. The maximum absolute atomic E-state index is 11.8. The summed E-state index contributed by atoms with van der Waals surface area (Å²) in [6, 6.07) is 1.83. The molecule has 0 fully saturated rings. The van der Waals surface area contributed by atoms with Crippen molar-refractivity contribution in [2.45, 2.75) is 19.6 Å². The summed E-state index contributed by atoms with van der Waals surface area (Å²) in [4.78, 5) is 30.4. The molecule has 0 radical (unpaired) electrons. The van der Waals surface area contributed by atoms with Gasteiger partial charge in [-0.3, -0.25) is 9.59 Å². The number of thioether (sulfide) groups is 1. The largest absolute Gasteiger partial charge is 0.355 e. The lowest BCUT2D eigenvalue weighted by Crippen LogP contribution is -2.28. The molecule has 1 amide bonds. The van der Waals surface area contributed by atoms with E-state index in [-0.39, 0.29) is 11.5 Å². The van der Waals surface area contributed by atoms with Crippen molar-refractivity contribution in [1.82, 2.24) is 15.3 Å². The van der Waals surface area contributed by atoms with Gasteiger partial charge in [0.25, 0.3) is 5.56 Å². The number of amides is 1. The van der Waals surface area contributed by atoms with Gasteiger partial charge in [0.15, 0.2) is 0 Å². The van der Waals surface area contributed by atoms with Gasteiger partial charge in [-0.15, -0.1) is 23.1 Å². The van der Waals surface area contributed by atoms with Crippen molar-refractivity contribution in [1.29, 1.82) is 0 Å². The molecule has 0 aliphatic rings. The Bertz CT molecular complexity index is 648. The van der Waals surface area contributed by atoms with Crippen LogP contribution in [0.1, 0.15) is 19.7 Å². The van der Waals surface area contributed by atoms with E-state index in [1.54, 1.807) is 0 Å². The van der Waals surface area contributed by atoms with E-state index in [9.17, 15) is 9.59 Å². The molecule has 0 unspecified atom stereocenters. The van der Waals surface area contributed by atoms with E-state index < -0.39 is 0 Å². The molecule has 2 rings (SSSR count). The highest BCUT2D eigenvalue weighted by Crippen LogP contribution is 2.15. The molecule has 0 bridgehead atoms. The van der Waals surface area contributed by atoms with Crippen molar-refractivity contribution in [3.05, 3.63) is 27.6 Å². The van der Waals surface area contributed by atoms with E-state index in [0.29, 0.717) is 34.5 Å². The van der Waals surface area contributed by atoms with Gasteiger partial charge in [-0.1, -0.05) is 13.8 Å². The third-order valence-electron chi connectivity index (χ3n) is 2.54. The molecule has 0 aliphatic carbocycles. The summed E-state index contributed by atoms with van der Waals surface area (Å²) in [5.74, 6) is 1.97. The zero-order chi connectivity index (χ0) is 14.5. The standard InChI is InChI=1S/C13H17N3O2S2/c1-8(2)5-14-11(17)7-19-6-10-15-9-3-4-20-12(9)13(18)16-10/h3-4,8H,5-7H2,1-2H3,(H,14,17)(H,15,16,18). The second-order valence-corrected chi connectivity index (χ2v) is 6.74. The lowest BCUT2D eigenvalue weighted by Gasteiger charge is -2.07. The molecule has 0 aromatic carbocycles. The van der Waals surface area contributed by atoms with E-state index in [2.05, 4.69) is 29.1 Å². The topological polar surface area (TPSA) is 74.8 Å². The van der Waals surface area contributed by atoms with Crippen LogP contribution in [0.4, 0.5) is 0 Å². The third kappa shape index (κ3) is 4.08. The van der Waals surface area contributed by atoms with Crippen molar-refractivity contribution in [3.8, 4) is 0 Å². The first-order chi connectivity index (χ1) is 9.56. The van der Waals surface area contributed by atoms with Crippen LogP contribution in [0.2, 0.25) is 0 Å². The predicted molar refractivity (Wildman–Crippen MR) is 84.3 cm³/mol. The number of hydrogen-bond donors (Lipinski definition) is 2. The van der Waals surface area contributed by atoms with Crippen LogP contribution in [0.25, 0.3) is 10.2 Å². The first kappa shape index (κ1) is 15.1. The van der Waals surface area contributed by atoms with Crippen molar-refractivity contribution in [2.75, 3.05) is 12.3 Å². The number of fused-ring (bicyclic) bond motifs is 1. The normalized spacial score (nSPS) is 11.2. The van der Waals surface area contributed by atoms with Crippen LogP contribution < -0.4 is 10.9 Å². The SMILES string of the molecule is CC(C)CNC(=O)CSCc1nc2ccsc2c(=O)[nH]1. The zero-order valence-corrected chi connectivity index (χ0v) is 13.1. The van der Waals surface area contributed by atoms with E-state index in [0.717, 1.165) is 5.52 Å². The minimum absolute atomic E-state index is 0.0164. The van der Waals surface area contributed by atoms with E-state index in [1.165, 1.54) is 23.1 Å². The second-order valence-electron chi connectivity index (χ2n) is 4.84. The number of rotatable bonds is 6. The highest BCUT2D eigenvalue weighted by Gasteiger charge is 2.07. The van der Waals surface area contributed by atoms with Crippen LogP contribution in [0, 0.1) is 5.92 Å². The maximum Gasteiger partial charge on any atom is 0.268 e. The third-order valence-corrected chi connectivity index (χ3v) is 4.39. The minimum Gasteiger partial charge on any atom is -0.355 e. The summed E-state index contributed by atoms with van der Waals surface area (Å²) in [5.41, 5.74) is 0.614. The number of aromatic amines is 1. The van der Waals surface area contributed by atoms with Gasteiger partial charge in [-0.2, -0.15) is 0 Å². The summed E-state index contributed by atoms with van der Waals surface area (Å²) in [6.45, 7) is 4.80. The highest BCUT2D eigenvalue weighted by atomic mass is 32.2. The van der Waals surface area contributed by atoms with Crippen LogP contribution >= 0.6 is 23.1 Å². The molecule has 20 heavy (non-hydrogen) atoms. The fourth-order valence-corrected chi connectivity index (χ4v) is 3.04. The Morgan fingerprint density at radius 3 is 3.10 bits per heavy atom. The lowest BCUT2D eigenvalue weighted by atomic mass is 10.2. The van der Waals surface area contributed by atoms with Gasteiger partial charge in [-0.25, -0.2) is 4.98 Å². The summed E-state index contributed by atoms with van der Waals surface area (Å²) < 4.78 is 0.647. The number of thiophene rings is 1. The molecule has 0 saturated heterocycles. The van der Waals surface area contributed by atoms with Crippen LogP contribution in [0.15, 0.2) is 16.2 Å². The van der Waals surface area contributed by atoms with E-state index in [1.807, 2.05) is 11.4 Å². The molecule has 0 aliphatic heterocycles. The molecule has 2 N–H and O–H groups in total. The molecule has 2 aromatic heterocycles. The Kier molecular flexibility index (Phi) is 5.19. The number of hydrogen-bond acceptors (Lipinski definition) is 5. The smallest absolute Gasteiger partial charge is 0.268 e. The van der Waals surface area contributed by atoms with Gasteiger partial charge < -0.3 is 10.3 Å². The van der Waals surface area contributed by atoms with Gasteiger partial charge in [-0.05, 0) is 17.4 Å². The monoisotopic (exact) mass is 311 g/mol. The Hall–Kier alpha value is -1.34. The minimum atomic E-state index is -0.107. The first-order valence-electron chi connectivity index (χ1n) is 6.37. The van der Waals surface area contributed by atoms with Crippen molar-refractivity contribution < 1.29 is 4.79 Å². The van der Waals surface area contributed by atoms with Crippen molar-refractivity contribution >= 4 is 39.2 Å². The number of carbonyl (C=O) groups excluding carboxylic acids is 1. The second kappa shape index (κ2) is 6.90. The summed E-state index contributed by atoms with van der Waals surface area (Å²) in [6.07, 6.45) is 0. The average molecular weight is 311 g/mol. The van der Waals surface area contributed by atoms with Crippen LogP contribution in [0.5, 0.6) is 0 Å². The van der Waals surface area contributed by atoms with Crippen LogP contribution in [0.3, 0.4) is 0 Å². The molecule has 108 valence electrons. The van der Waals surface area contributed by atoms with Crippen molar-refractivity contribution in [3.63, 3.8) is 0 Å². The number of carbonyl (C=O) groups is 1. The van der Waals surface area contributed by atoms with E-state index >= 15 is 0 Å². The lowest BCUT2D eigenvalue weighted by molar-refractivity contribution is -0.118. The Balaban J connectivity index is 1.86. The quantitative estimate of drug-likeness (QED) is 0.855. The van der Waals surface area contributed by atoms with Gasteiger partial charge in [0.2, 0.25) is 5.91 Å². The van der Waals surface area contributed by atoms with E-state index in [4.69, 9.17) is 0 Å². The average Bonchev–Trinajstić information content (AvgIpc) is 2.85. The molecular weight excluding hydrogens is 294 g/mol. The number of nitrogens with zero attached hydrogens (tertiary/aromatic N) is 1. The van der Waals surface area contributed by atoms with Gasteiger partial charge in [0, 0.05) is 6.54 Å². The van der Waals surface area contributed by atoms with Crippen LogP contribution in [-0.2, 0) is 10.5 Å². The molecule has 5 nitrogen and oxygen atoms in total. The number of nitrogens with one attached hydrogen (secondary N) is 2. The number of H-pyrrole nitrogens is 1. The summed E-state index contributed by atoms with van der Waals surface area (Å²) >= 11 is 2.83. The molecule has 2 aromatic rings. The van der Waals surface area contributed by atoms with Gasteiger partial charge >= 0.3 is 0 Å². The predicted octanol–water partition coefficient (Wildman–Crippen LogP) is 1.99. The highest BCUT2D eigenvalue weighted by molar-refractivity contribution is 7.99. The Labute approximate surface area is 125 Å². The molecule has 7 heteroatoms.